The second-order valence-corrected chi connectivity index (χ2v) is 6.72. The standard InChI is InChI=1S/C11H21N3S/c1-9(8-15-11(2,3)4)13-10-6-12-14(5)7-10/h6-7,9,13H,8H2,1-5H3. The summed E-state index contributed by atoms with van der Waals surface area (Å²) >= 11 is 1.98. The Hall–Kier alpha value is -0.640. The van der Waals surface area contributed by atoms with Crippen LogP contribution >= 0.6 is 11.8 Å². The van der Waals surface area contributed by atoms with E-state index in [4.69, 9.17) is 0 Å². The van der Waals surface area contributed by atoms with Gasteiger partial charge in [0.2, 0.25) is 0 Å². The maximum Gasteiger partial charge on any atom is 0.0728 e. The number of anilines is 1. The number of nitrogens with one attached hydrogen (secondary N) is 1. The third kappa shape index (κ3) is 5.11. The predicted octanol–water partition coefficient (Wildman–Crippen LogP) is 2.75. The van der Waals surface area contributed by atoms with Gasteiger partial charge in [-0.3, -0.25) is 4.68 Å². The van der Waals surface area contributed by atoms with E-state index in [0.29, 0.717) is 10.8 Å². The molecule has 1 aromatic heterocycles. The molecule has 0 fully saturated rings. The SMILES string of the molecule is CC(CSC(C)(C)C)Nc1cnn(C)c1. The Balaban J connectivity index is 2.33. The Kier molecular flexibility index (Phi) is 4.08. The zero-order valence-corrected chi connectivity index (χ0v) is 11.1. The lowest BCUT2D eigenvalue weighted by Gasteiger charge is -2.21. The molecule has 0 saturated heterocycles. The van der Waals surface area contributed by atoms with Crippen LogP contribution in [0, 0.1) is 0 Å². The Morgan fingerprint density at radius 2 is 2.20 bits per heavy atom. The second-order valence-electron chi connectivity index (χ2n) is 4.87. The van der Waals surface area contributed by atoms with Crippen LogP contribution in [0.5, 0.6) is 0 Å². The zero-order chi connectivity index (χ0) is 11.5. The summed E-state index contributed by atoms with van der Waals surface area (Å²) in [6.45, 7) is 8.93. The van der Waals surface area contributed by atoms with Crippen molar-refractivity contribution in [3.05, 3.63) is 12.4 Å². The molecular formula is C11H21N3S. The molecule has 1 heterocycles. The minimum atomic E-state index is 0.338. The normalized spacial score (nSPS) is 13.9. The minimum Gasteiger partial charge on any atom is -0.379 e. The highest BCUT2D eigenvalue weighted by atomic mass is 32.2. The minimum absolute atomic E-state index is 0.338. The molecule has 15 heavy (non-hydrogen) atoms. The summed E-state index contributed by atoms with van der Waals surface area (Å²) in [5, 5.41) is 7.56. The van der Waals surface area contributed by atoms with Gasteiger partial charge in [-0.05, 0) is 6.92 Å². The van der Waals surface area contributed by atoms with Crippen LogP contribution in [0.2, 0.25) is 0 Å². The van der Waals surface area contributed by atoms with Crippen LogP contribution in [0.25, 0.3) is 0 Å². The number of thioether (sulfide) groups is 1. The molecule has 0 bridgehead atoms. The lowest BCUT2D eigenvalue weighted by Crippen LogP contribution is -2.21. The highest BCUT2D eigenvalue weighted by Gasteiger charge is 2.12. The van der Waals surface area contributed by atoms with Crippen LogP contribution in [-0.2, 0) is 7.05 Å². The average Bonchev–Trinajstić information content (AvgIpc) is 2.47. The summed E-state index contributed by atoms with van der Waals surface area (Å²) in [7, 11) is 1.93. The molecule has 0 saturated carbocycles. The fourth-order valence-corrected chi connectivity index (χ4v) is 2.03. The van der Waals surface area contributed by atoms with Crippen LogP contribution in [0.15, 0.2) is 12.4 Å². The smallest absolute Gasteiger partial charge is 0.0728 e. The fraction of sp³-hybridized carbons (Fsp3) is 0.727. The van der Waals surface area contributed by atoms with Crippen LogP contribution in [-0.4, -0.2) is 26.3 Å². The van der Waals surface area contributed by atoms with Gasteiger partial charge in [0.15, 0.2) is 0 Å². The van der Waals surface area contributed by atoms with Crippen molar-refractivity contribution >= 4 is 17.4 Å². The summed E-state index contributed by atoms with van der Waals surface area (Å²) in [5.41, 5.74) is 1.10. The molecule has 1 aromatic rings. The van der Waals surface area contributed by atoms with Crippen molar-refractivity contribution in [2.24, 2.45) is 7.05 Å². The molecular weight excluding hydrogens is 206 g/mol. The van der Waals surface area contributed by atoms with E-state index in [2.05, 4.69) is 38.1 Å². The summed E-state index contributed by atoms with van der Waals surface area (Å²) in [4.78, 5) is 0. The molecule has 0 aliphatic rings. The van der Waals surface area contributed by atoms with Crippen molar-refractivity contribution in [1.82, 2.24) is 9.78 Å². The molecule has 0 aliphatic heterocycles. The summed E-state index contributed by atoms with van der Waals surface area (Å²) in [6, 6.07) is 0.471. The number of aromatic nitrogens is 2. The summed E-state index contributed by atoms with van der Waals surface area (Å²) in [5.74, 6) is 1.11. The Morgan fingerprint density at radius 1 is 1.53 bits per heavy atom. The molecule has 4 heteroatoms. The van der Waals surface area contributed by atoms with E-state index in [-0.39, 0.29) is 0 Å². The molecule has 1 unspecified atom stereocenters. The second kappa shape index (κ2) is 4.92. The van der Waals surface area contributed by atoms with Gasteiger partial charge in [-0.1, -0.05) is 20.8 Å². The lowest BCUT2D eigenvalue weighted by molar-refractivity contribution is 0.767. The van der Waals surface area contributed by atoms with Gasteiger partial charge in [-0.15, -0.1) is 0 Å². The third-order valence-corrected chi connectivity index (χ3v) is 3.42. The van der Waals surface area contributed by atoms with E-state index < -0.39 is 0 Å². The number of hydrogen-bond acceptors (Lipinski definition) is 3. The molecule has 0 aromatic carbocycles. The molecule has 86 valence electrons. The van der Waals surface area contributed by atoms with Gasteiger partial charge < -0.3 is 5.32 Å². The Morgan fingerprint density at radius 3 is 2.67 bits per heavy atom. The summed E-state index contributed by atoms with van der Waals surface area (Å²) in [6.07, 6.45) is 3.86. The lowest BCUT2D eigenvalue weighted by atomic mass is 10.3. The molecule has 3 nitrogen and oxygen atoms in total. The first-order chi connectivity index (χ1) is 6.87. The van der Waals surface area contributed by atoms with E-state index in [0.717, 1.165) is 11.4 Å². The maximum atomic E-state index is 4.13. The van der Waals surface area contributed by atoms with Gasteiger partial charge in [0, 0.05) is 29.8 Å². The van der Waals surface area contributed by atoms with Crippen molar-refractivity contribution in [3.8, 4) is 0 Å². The first kappa shape index (κ1) is 12.4. The Bertz CT molecular complexity index is 301. The van der Waals surface area contributed by atoms with E-state index in [1.54, 1.807) is 0 Å². The molecule has 0 amide bonds. The van der Waals surface area contributed by atoms with Crippen molar-refractivity contribution in [1.29, 1.82) is 0 Å². The predicted molar refractivity (Wildman–Crippen MR) is 68.5 cm³/mol. The van der Waals surface area contributed by atoms with Crippen molar-refractivity contribution in [3.63, 3.8) is 0 Å². The molecule has 1 atom stereocenters. The van der Waals surface area contributed by atoms with Crippen molar-refractivity contribution < 1.29 is 0 Å². The molecule has 0 aliphatic carbocycles. The topological polar surface area (TPSA) is 29.9 Å². The highest BCUT2D eigenvalue weighted by Crippen LogP contribution is 2.24. The molecule has 1 rings (SSSR count). The van der Waals surface area contributed by atoms with Crippen LogP contribution in [0.1, 0.15) is 27.7 Å². The van der Waals surface area contributed by atoms with E-state index in [9.17, 15) is 0 Å². The molecule has 0 spiro atoms. The van der Waals surface area contributed by atoms with Crippen LogP contribution < -0.4 is 5.32 Å². The van der Waals surface area contributed by atoms with E-state index >= 15 is 0 Å². The first-order valence-corrected chi connectivity index (χ1v) is 6.24. The third-order valence-electron chi connectivity index (χ3n) is 1.88. The van der Waals surface area contributed by atoms with Gasteiger partial charge in [0.05, 0.1) is 11.9 Å². The zero-order valence-electron chi connectivity index (χ0n) is 10.2. The monoisotopic (exact) mass is 227 g/mol. The molecule has 0 radical (unpaired) electrons. The van der Waals surface area contributed by atoms with Gasteiger partial charge in [0.25, 0.3) is 0 Å². The average molecular weight is 227 g/mol. The van der Waals surface area contributed by atoms with Gasteiger partial charge in [-0.2, -0.15) is 16.9 Å². The first-order valence-electron chi connectivity index (χ1n) is 5.26. The number of nitrogens with zero attached hydrogens (tertiary/aromatic N) is 2. The van der Waals surface area contributed by atoms with Crippen molar-refractivity contribution in [2.75, 3.05) is 11.1 Å². The number of aryl methyl sites for hydroxylation is 1. The van der Waals surface area contributed by atoms with Crippen LogP contribution in [0.4, 0.5) is 5.69 Å². The molecule has 1 N–H and O–H groups in total. The quantitative estimate of drug-likeness (QED) is 0.858. The van der Waals surface area contributed by atoms with Gasteiger partial charge in [0.1, 0.15) is 0 Å². The van der Waals surface area contributed by atoms with Crippen molar-refractivity contribution in [2.45, 2.75) is 38.5 Å². The van der Waals surface area contributed by atoms with Gasteiger partial charge in [-0.25, -0.2) is 0 Å². The highest BCUT2D eigenvalue weighted by molar-refractivity contribution is 8.00. The fourth-order valence-electron chi connectivity index (χ4n) is 1.20. The Labute approximate surface area is 96.6 Å². The van der Waals surface area contributed by atoms with E-state index in [1.807, 2.05) is 35.9 Å². The van der Waals surface area contributed by atoms with E-state index in [1.165, 1.54) is 0 Å². The number of hydrogen-bond donors (Lipinski definition) is 1. The maximum absolute atomic E-state index is 4.13. The largest absolute Gasteiger partial charge is 0.379 e. The number of rotatable bonds is 4. The van der Waals surface area contributed by atoms with Crippen LogP contribution in [0.3, 0.4) is 0 Å². The summed E-state index contributed by atoms with van der Waals surface area (Å²) < 4.78 is 2.15. The van der Waals surface area contributed by atoms with Gasteiger partial charge >= 0.3 is 0 Å².